The fraction of sp³-hybridized carbons (Fsp3) is 0.769. The molecule has 3 rings (SSSR count). The van der Waals surface area contributed by atoms with Crippen LogP contribution in [0.5, 0.6) is 0 Å². The van der Waals surface area contributed by atoms with Crippen LogP contribution in [0.15, 0.2) is 12.3 Å². The van der Waals surface area contributed by atoms with E-state index in [0.29, 0.717) is 5.92 Å². The summed E-state index contributed by atoms with van der Waals surface area (Å²) >= 11 is 0. The first-order chi connectivity index (χ1) is 8.33. The molecule has 2 aliphatic rings. The van der Waals surface area contributed by atoms with Crippen molar-refractivity contribution in [2.75, 3.05) is 0 Å². The zero-order valence-corrected chi connectivity index (χ0v) is 10.5. The molecule has 0 amide bonds. The Bertz CT molecular complexity index is 377. The molecule has 2 aliphatic carbocycles. The van der Waals surface area contributed by atoms with Gasteiger partial charge < -0.3 is 0 Å². The molecular weight excluding hydrogens is 212 g/mol. The van der Waals surface area contributed by atoms with Gasteiger partial charge in [-0.3, -0.25) is 16.0 Å². The Morgan fingerprint density at radius 1 is 1.47 bits per heavy atom. The number of fused-ring (bicyclic) bond motifs is 1. The van der Waals surface area contributed by atoms with Gasteiger partial charge in [-0.15, -0.1) is 0 Å². The average molecular weight is 234 g/mol. The highest BCUT2D eigenvalue weighted by Gasteiger charge is 2.48. The first-order valence-corrected chi connectivity index (χ1v) is 6.81. The van der Waals surface area contributed by atoms with Crippen molar-refractivity contribution in [3.63, 3.8) is 0 Å². The van der Waals surface area contributed by atoms with Gasteiger partial charge in [-0.25, -0.2) is 0 Å². The second-order valence-corrected chi connectivity index (χ2v) is 5.61. The first-order valence-electron chi connectivity index (χ1n) is 6.81. The van der Waals surface area contributed by atoms with E-state index < -0.39 is 0 Å². The number of hydrogen-bond acceptors (Lipinski definition) is 3. The van der Waals surface area contributed by atoms with Gasteiger partial charge >= 0.3 is 0 Å². The van der Waals surface area contributed by atoms with Gasteiger partial charge in [-0.05, 0) is 49.5 Å². The SMILES string of the molecule is CCCn1nccc1C(NN)C1CC2CC2C1. The van der Waals surface area contributed by atoms with Crippen molar-refractivity contribution in [3.8, 4) is 0 Å². The Labute approximate surface area is 103 Å². The first kappa shape index (κ1) is 11.2. The average Bonchev–Trinajstić information content (AvgIpc) is 2.76. The van der Waals surface area contributed by atoms with Crippen molar-refractivity contribution in [2.45, 2.75) is 45.2 Å². The smallest absolute Gasteiger partial charge is 0.0657 e. The molecule has 94 valence electrons. The molecule has 1 heterocycles. The number of aryl methyl sites for hydroxylation is 1. The van der Waals surface area contributed by atoms with E-state index in [0.717, 1.165) is 24.8 Å². The lowest BCUT2D eigenvalue weighted by molar-refractivity contribution is 0.325. The maximum Gasteiger partial charge on any atom is 0.0657 e. The second-order valence-electron chi connectivity index (χ2n) is 5.61. The molecule has 3 atom stereocenters. The molecular formula is C13H22N4. The van der Waals surface area contributed by atoms with Crippen LogP contribution in [0.4, 0.5) is 0 Å². The van der Waals surface area contributed by atoms with E-state index in [-0.39, 0.29) is 6.04 Å². The standard InChI is InChI=1S/C13H22N4/c1-2-5-17-12(3-4-15-17)13(16-14)11-7-9-6-10(9)8-11/h3-4,9-11,13,16H,2,5-8,14H2,1H3. The largest absolute Gasteiger partial charge is 0.271 e. The number of nitrogens with one attached hydrogen (secondary N) is 1. The maximum atomic E-state index is 5.78. The van der Waals surface area contributed by atoms with Crippen LogP contribution >= 0.6 is 0 Å². The summed E-state index contributed by atoms with van der Waals surface area (Å²) in [5.41, 5.74) is 4.29. The molecule has 4 nitrogen and oxygen atoms in total. The highest BCUT2D eigenvalue weighted by Crippen LogP contribution is 2.56. The van der Waals surface area contributed by atoms with E-state index in [1.165, 1.54) is 25.0 Å². The quantitative estimate of drug-likeness (QED) is 0.604. The zero-order chi connectivity index (χ0) is 11.8. The number of nitrogens with two attached hydrogens (primary N) is 1. The monoisotopic (exact) mass is 234 g/mol. The van der Waals surface area contributed by atoms with E-state index in [1.54, 1.807) is 0 Å². The number of hydrazine groups is 1. The van der Waals surface area contributed by atoms with E-state index in [2.05, 4.69) is 28.2 Å². The van der Waals surface area contributed by atoms with Crippen LogP contribution in [-0.2, 0) is 6.54 Å². The molecule has 3 N–H and O–H groups in total. The Kier molecular flexibility index (Phi) is 2.92. The van der Waals surface area contributed by atoms with Crippen LogP contribution in [0.25, 0.3) is 0 Å². The summed E-state index contributed by atoms with van der Waals surface area (Å²) in [4.78, 5) is 0. The third kappa shape index (κ3) is 2.00. The molecule has 17 heavy (non-hydrogen) atoms. The van der Waals surface area contributed by atoms with Gasteiger partial charge in [-0.2, -0.15) is 5.10 Å². The summed E-state index contributed by atoms with van der Waals surface area (Å²) < 4.78 is 2.11. The minimum Gasteiger partial charge on any atom is -0.271 e. The predicted octanol–water partition coefficient (Wildman–Crippen LogP) is 1.84. The fourth-order valence-electron chi connectivity index (χ4n) is 3.50. The minimum absolute atomic E-state index is 0.289. The second kappa shape index (κ2) is 4.42. The third-order valence-electron chi connectivity index (χ3n) is 4.43. The van der Waals surface area contributed by atoms with E-state index in [4.69, 9.17) is 5.84 Å². The molecule has 0 bridgehead atoms. The lowest BCUT2D eigenvalue weighted by Gasteiger charge is -2.24. The Balaban J connectivity index is 1.76. The van der Waals surface area contributed by atoms with Gasteiger partial charge in [0.2, 0.25) is 0 Å². The molecule has 1 aromatic heterocycles. The molecule has 2 saturated carbocycles. The fourth-order valence-corrected chi connectivity index (χ4v) is 3.50. The highest BCUT2D eigenvalue weighted by atomic mass is 15.3. The maximum absolute atomic E-state index is 5.78. The van der Waals surface area contributed by atoms with Crippen molar-refractivity contribution >= 4 is 0 Å². The summed E-state index contributed by atoms with van der Waals surface area (Å²) in [7, 11) is 0. The van der Waals surface area contributed by atoms with E-state index in [1.807, 2.05) is 6.20 Å². The minimum atomic E-state index is 0.289. The van der Waals surface area contributed by atoms with Gasteiger partial charge in [-0.1, -0.05) is 6.92 Å². The van der Waals surface area contributed by atoms with Crippen molar-refractivity contribution in [1.82, 2.24) is 15.2 Å². The summed E-state index contributed by atoms with van der Waals surface area (Å²) in [5, 5.41) is 4.40. The Hall–Kier alpha value is -0.870. The zero-order valence-electron chi connectivity index (χ0n) is 10.5. The molecule has 3 unspecified atom stereocenters. The van der Waals surface area contributed by atoms with Crippen LogP contribution in [-0.4, -0.2) is 9.78 Å². The molecule has 0 aromatic carbocycles. The summed E-state index contributed by atoms with van der Waals surface area (Å²) in [6, 6.07) is 2.40. The Morgan fingerprint density at radius 3 is 2.88 bits per heavy atom. The van der Waals surface area contributed by atoms with Crippen LogP contribution in [0.1, 0.15) is 44.3 Å². The normalized spacial score (nSPS) is 32.5. The molecule has 0 spiro atoms. The van der Waals surface area contributed by atoms with Crippen LogP contribution in [0.2, 0.25) is 0 Å². The van der Waals surface area contributed by atoms with Gasteiger partial charge in [0.15, 0.2) is 0 Å². The number of rotatable bonds is 5. The lowest BCUT2D eigenvalue weighted by atomic mass is 9.92. The van der Waals surface area contributed by atoms with Crippen molar-refractivity contribution in [1.29, 1.82) is 0 Å². The number of aromatic nitrogens is 2. The molecule has 4 heteroatoms. The van der Waals surface area contributed by atoms with Gasteiger partial charge in [0.25, 0.3) is 0 Å². The van der Waals surface area contributed by atoms with E-state index >= 15 is 0 Å². The van der Waals surface area contributed by atoms with E-state index in [9.17, 15) is 0 Å². The van der Waals surface area contributed by atoms with Crippen molar-refractivity contribution in [3.05, 3.63) is 18.0 Å². The predicted molar refractivity (Wildman–Crippen MR) is 66.9 cm³/mol. The topological polar surface area (TPSA) is 55.9 Å². The third-order valence-corrected chi connectivity index (χ3v) is 4.43. The highest BCUT2D eigenvalue weighted by molar-refractivity contribution is 5.11. The van der Waals surface area contributed by atoms with Gasteiger partial charge in [0.05, 0.1) is 11.7 Å². The van der Waals surface area contributed by atoms with Crippen LogP contribution in [0, 0.1) is 17.8 Å². The number of nitrogens with zero attached hydrogens (tertiary/aromatic N) is 2. The molecule has 1 aromatic rings. The van der Waals surface area contributed by atoms with Crippen LogP contribution < -0.4 is 11.3 Å². The van der Waals surface area contributed by atoms with Gasteiger partial charge in [0.1, 0.15) is 0 Å². The summed E-state index contributed by atoms with van der Waals surface area (Å²) in [6.07, 6.45) is 7.16. The lowest BCUT2D eigenvalue weighted by Crippen LogP contribution is -2.34. The van der Waals surface area contributed by atoms with Crippen molar-refractivity contribution < 1.29 is 0 Å². The number of hydrogen-bond donors (Lipinski definition) is 2. The molecule has 0 radical (unpaired) electrons. The van der Waals surface area contributed by atoms with Crippen molar-refractivity contribution in [2.24, 2.45) is 23.6 Å². The molecule has 0 saturated heterocycles. The Morgan fingerprint density at radius 2 is 2.24 bits per heavy atom. The summed E-state index contributed by atoms with van der Waals surface area (Å²) in [5.74, 6) is 8.48. The van der Waals surface area contributed by atoms with Gasteiger partial charge in [0, 0.05) is 12.7 Å². The summed E-state index contributed by atoms with van der Waals surface area (Å²) in [6.45, 7) is 3.17. The molecule has 0 aliphatic heterocycles. The van der Waals surface area contributed by atoms with Crippen LogP contribution in [0.3, 0.4) is 0 Å². The molecule has 2 fully saturated rings.